The van der Waals surface area contributed by atoms with Crippen molar-refractivity contribution >= 4 is 21.7 Å². The summed E-state index contributed by atoms with van der Waals surface area (Å²) in [7, 11) is 0. The quantitative estimate of drug-likeness (QED) is 0.776. The smallest absolute Gasteiger partial charge is 0.150 e. The second-order valence-electron chi connectivity index (χ2n) is 3.01. The van der Waals surface area contributed by atoms with Crippen LogP contribution in [0.3, 0.4) is 0 Å². The fraction of sp³-hybridized carbons (Fsp3) is 0. The molecule has 4 N–H and O–H groups in total. The van der Waals surface area contributed by atoms with Crippen LogP contribution in [0.4, 0.5) is 10.2 Å². The van der Waals surface area contributed by atoms with E-state index in [-0.39, 0.29) is 5.82 Å². The van der Waals surface area contributed by atoms with Crippen LogP contribution in [0, 0.1) is 5.82 Å². The van der Waals surface area contributed by atoms with Crippen molar-refractivity contribution in [2.75, 3.05) is 11.6 Å². The van der Waals surface area contributed by atoms with E-state index in [2.05, 4.69) is 20.9 Å². The first-order valence-electron chi connectivity index (χ1n) is 4.13. The molecule has 0 fully saturated rings. The van der Waals surface area contributed by atoms with Crippen molar-refractivity contribution in [3.8, 4) is 11.3 Å². The summed E-state index contributed by atoms with van der Waals surface area (Å²) in [4.78, 5) is 4.04. The molecule has 0 aliphatic heterocycles. The normalized spacial score (nSPS) is 10.5. The van der Waals surface area contributed by atoms with Gasteiger partial charge in [-0.1, -0.05) is 0 Å². The maximum absolute atomic E-state index is 12.9. The van der Waals surface area contributed by atoms with E-state index in [4.69, 9.17) is 11.6 Å². The average Bonchev–Trinajstić information content (AvgIpc) is 2.49. The van der Waals surface area contributed by atoms with Gasteiger partial charge in [0, 0.05) is 10.0 Å². The third-order valence-corrected chi connectivity index (χ3v) is 2.67. The van der Waals surface area contributed by atoms with Crippen LogP contribution in [-0.2, 0) is 0 Å². The first-order chi connectivity index (χ1) is 7.09. The number of hydrogen-bond acceptors (Lipinski definition) is 3. The maximum atomic E-state index is 12.9. The zero-order chi connectivity index (χ0) is 11.0. The highest BCUT2D eigenvalue weighted by Gasteiger charge is 2.11. The highest BCUT2D eigenvalue weighted by atomic mass is 79.9. The van der Waals surface area contributed by atoms with Crippen molar-refractivity contribution in [2.24, 2.45) is 0 Å². The van der Waals surface area contributed by atoms with Crippen LogP contribution < -0.4 is 11.6 Å². The molecule has 0 aliphatic carbocycles. The predicted molar refractivity (Wildman–Crippen MR) is 59.9 cm³/mol. The molecule has 0 unspecified atom stereocenters. The average molecular weight is 271 g/mol. The molecule has 2 aromatic rings. The van der Waals surface area contributed by atoms with E-state index in [1.807, 2.05) is 0 Å². The summed E-state index contributed by atoms with van der Waals surface area (Å²) in [5, 5.41) is 0. The van der Waals surface area contributed by atoms with E-state index < -0.39 is 0 Å². The van der Waals surface area contributed by atoms with Crippen molar-refractivity contribution in [1.82, 2.24) is 9.66 Å². The van der Waals surface area contributed by atoms with Crippen LogP contribution in [0.1, 0.15) is 0 Å². The molecule has 6 heteroatoms. The molecule has 0 saturated heterocycles. The predicted octanol–water partition coefficient (Wildman–Crippen LogP) is 1.75. The molecule has 0 bridgehead atoms. The lowest BCUT2D eigenvalue weighted by Gasteiger charge is -2.03. The standard InChI is InChI=1S/C9H8BrFN4/c10-7-3-5(11)1-2-6(7)8-9(12)15(13)4-14-8/h1-4H,12-13H2. The Morgan fingerprint density at radius 3 is 2.67 bits per heavy atom. The Bertz CT molecular complexity index is 509. The Labute approximate surface area is 93.8 Å². The maximum Gasteiger partial charge on any atom is 0.150 e. The number of anilines is 1. The number of benzene rings is 1. The number of imidazole rings is 1. The lowest BCUT2D eigenvalue weighted by molar-refractivity contribution is 0.627. The van der Waals surface area contributed by atoms with Crippen molar-refractivity contribution < 1.29 is 4.39 Å². The second-order valence-corrected chi connectivity index (χ2v) is 3.86. The number of nitrogen functional groups attached to an aromatic ring is 2. The van der Waals surface area contributed by atoms with Crippen LogP contribution in [0.5, 0.6) is 0 Å². The molecule has 4 nitrogen and oxygen atoms in total. The van der Waals surface area contributed by atoms with Gasteiger partial charge in [-0.3, -0.25) is 0 Å². The molecule has 0 radical (unpaired) electrons. The minimum Gasteiger partial charge on any atom is -0.382 e. The molecule has 2 rings (SSSR count). The molecule has 0 aliphatic rings. The number of hydrogen-bond donors (Lipinski definition) is 2. The van der Waals surface area contributed by atoms with E-state index in [1.165, 1.54) is 23.1 Å². The van der Waals surface area contributed by atoms with Gasteiger partial charge in [0.05, 0.1) is 0 Å². The highest BCUT2D eigenvalue weighted by molar-refractivity contribution is 9.10. The van der Waals surface area contributed by atoms with Gasteiger partial charge in [0.25, 0.3) is 0 Å². The summed E-state index contributed by atoms with van der Waals surface area (Å²) >= 11 is 3.24. The first-order valence-corrected chi connectivity index (χ1v) is 4.92. The molecule has 15 heavy (non-hydrogen) atoms. The molecule has 0 atom stereocenters. The fourth-order valence-electron chi connectivity index (χ4n) is 1.26. The van der Waals surface area contributed by atoms with Crippen LogP contribution in [0.25, 0.3) is 11.3 Å². The Morgan fingerprint density at radius 2 is 2.13 bits per heavy atom. The van der Waals surface area contributed by atoms with E-state index in [0.717, 1.165) is 0 Å². The van der Waals surface area contributed by atoms with E-state index in [0.29, 0.717) is 21.5 Å². The summed E-state index contributed by atoms with van der Waals surface area (Å²) in [6.45, 7) is 0. The van der Waals surface area contributed by atoms with E-state index in [9.17, 15) is 4.39 Å². The Morgan fingerprint density at radius 1 is 1.40 bits per heavy atom. The summed E-state index contributed by atoms with van der Waals surface area (Å²) < 4.78 is 14.7. The van der Waals surface area contributed by atoms with Gasteiger partial charge >= 0.3 is 0 Å². The van der Waals surface area contributed by atoms with Crippen LogP contribution in [0.2, 0.25) is 0 Å². The molecule has 1 heterocycles. The monoisotopic (exact) mass is 270 g/mol. The van der Waals surface area contributed by atoms with Crippen molar-refractivity contribution in [2.45, 2.75) is 0 Å². The van der Waals surface area contributed by atoms with Gasteiger partial charge in [0.2, 0.25) is 0 Å². The van der Waals surface area contributed by atoms with Crippen LogP contribution in [0.15, 0.2) is 29.0 Å². The summed E-state index contributed by atoms with van der Waals surface area (Å²) in [6, 6.07) is 4.29. The van der Waals surface area contributed by atoms with Gasteiger partial charge in [-0.15, -0.1) is 0 Å². The minimum atomic E-state index is -0.323. The SMILES string of the molecule is Nc1c(-c2ccc(F)cc2Br)ncn1N. The largest absolute Gasteiger partial charge is 0.382 e. The summed E-state index contributed by atoms with van der Waals surface area (Å²) in [6.07, 6.45) is 1.40. The topological polar surface area (TPSA) is 69.9 Å². The third kappa shape index (κ3) is 1.68. The molecule has 0 amide bonds. The zero-order valence-electron chi connectivity index (χ0n) is 7.61. The number of nitrogens with two attached hydrogens (primary N) is 2. The Kier molecular flexibility index (Phi) is 2.36. The molecule has 0 saturated carbocycles. The fourth-order valence-corrected chi connectivity index (χ4v) is 1.80. The zero-order valence-corrected chi connectivity index (χ0v) is 9.20. The number of halogens is 2. The first kappa shape index (κ1) is 9.97. The van der Waals surface area contributed by atoms with Gasteiger partial charge in [0.15, 0.2) is 5.82 Å². The lowest BCUT2D eigenvalue weighted by Crippen LogP contribution is -2.10. The highest BCUT2D eigenvalue weighted by Crippen LogP contribution is 2.30. The molecular formula is C9H8BrFN4. The van der Waals surface area contributed by atoms with Crippen molar-refractivity contribution in [3.05, 3.63) is 34.8 Å². The van der Waals surface area contributed by atoms with Crippen LogP contribution in [-0.4, -0.2) is 9.66 Å². The number of aromatic nitrogens is 2. The van der Waals surface area contributed by atoms with Crippen molar-refractivity contribution in [1.29, 1.82) is 0 Å². The number of nitrogens with zero attached hydrogens (tertiary/aromatic N) is 2. The van der Waals surface area contributed by atoms with Gasteiger partial charge < -0.3 is 11.6 Å². The summed E-state index contributed by atoms with van der Waals surface area (Å²) in [5.41, 5.74) is 6.94. The van der Waals surface area contributed by atoms with Gasteiger partial charge in [0.1, 0.15) is 17.8 Å². The summed E-state index contributed by atoms with van der Waals surface area (Å²) in [5.74, 6) is 5.51. The van der Waals surface area contributed by atoms with Gasteiger partial charge in [-0.05, 0) is 34.1 Å². The molecular weight excluding hydrogens is 263 g/mol. The number of rotatable bonds is 1. The molecule has 0 spiro atoms. The Balaban J connectivity index is 2.59. The Hall–Kier alpha value is -1.56. The molecule has 78 valence electrons. The van der Waals surface area contributed by atoms with E-state index >= 15 is 0 Å². The van der Waals surface area contributed by atoms with E-state index in [1.54, 1.807) is 6.07 Å². The minimum absolute atomic E-state index is 0.323. The van der Waals surface area contributed by atoms with Gasteiger partial charge in [-0.2, -0.15) is 0 Å². The second kappa shape index (κ2) is 3.54. The van der Waals surface area contributed by atoms with Crippen LogP contribution >= 0.6 is 15.9 Å². The molecule has 1 aromatic heterocycles. The molecule has 1 aromatic carbocycles. The van der Waals surface area contributed by atoms with Gasteiger partial charge in [-0.25, -0.2) is 14.1 Å². The van der Waals surface area contributed by atoms with Crippen molar-refractivity contribution in [3.63, 3.8) is 0 Å². The third-order valence-electron chi connectivity index (χ3n) is 2.02. The lowest BCUT2D eigenvalue weighted by atomic mass is 10.1.